The van der Waals surface area contributed by atoms with Crippen molar-refractivity contribution in [3.8, 4) is 0 Å². The molecule has 1 saturated heterocycles. The van der Waals surface area contributed by atoms with E-state index in [-0.39, 0.29) is 0 Å². The van der Waals surface area contributed by atoms with Gasteiger partial charge in [-0.3, -0.25) is 4.98 Å². The maximum atomic E-state index is 9.65. The highest BCUT2D eigenvalue weighted by Crippen LogP contribution is 2.24. The van der Waals surface area contributed by atoms with Crippen molar-refractivity contribution in [3.63, 3.8) is 0 Å². The number of aromatic nitrogens is 1. The fourth-order valence-electron chi connectivity index (χ4n) is 2.16. The molecule has 0 aromatic carbocycles. The van der Waals surface area contributed by atoms with Crippen molar-refractivity contribution < 1.29 is 5.11 Å². The molecule has 0 bridgehead atoms. The number of pyridine rings is 1. The third kappa shape index (κ3) is 2.35. The van der Waals surface area contributed by atoms with Gasteiger partial charge in [0.15, 0.2) is 0 Å². The molecule has 1 aromatic heterocycles. The zero-order valence-electron chi connectivity index (χ0n) is 10.1. The summed E-state index contributed by atoms with van der Waals surface area (Å²) >= 11 is 0. The highest BCUT2D eigenvalue weighted by molar-refractivity contribution is 5.45. The number of aliphatic hydroxyl groups is 1. The van der Waals surface area contributed by atoms with Gasteiger partial charge in [-0.15, -0.1) is 0 Å². The second kappa shape index (κ2) is 4.83. The molecule has 1 fully saturated rings. The Balaban J connectivity index is 2.07. The molecular formula is C13H20N2O. The summed E-state index contributed by atoms with van der Waals surface area (Å²) in [7, 11) is 0. The van der Waals surface area contributed by atoms with Gasteiger partial charge in [0.05, 0.1) is 23.7 Å². The molecular weight excluding hydrogens is 200 g/mol. The van der Waals surface area contributed by atoms with E-state index >= 15 is 0 Å². The van der Waals surface area contributed by atoms with E-state index in [0.29, 0.717) is 6.42 Å². The highest BCUT2D eigenvalue weighted by atomic mass is 16.3. The Kier molecular flexibility index (Phi) is 3.44. The molecule has 1 aromatic rings. The third-order valence-corrected chi connectivity index (χ3v) is 3.29. The fraction of sp³-hybridized carbons (Fsp3) is 0.615. The van der Waals surface area contributed by atoms with Crippen LogP contribution in [0.1, 0.15) is 38.5 Å². The first-order valence-corrected chi connectivity index (χ1v) is 6.09. The third-order valence-electron chi connectivity index (χ3n) is 3.29. The van der Waals surface area contributed by atoms with Crippen LogP contribution in [0.3, 0.4) is 0 Å². The van der Waals surface area contributed by atoms with Gasteiger partial charge in [0, 0.05) is 13.1 Å². The maximum Gasteiger partial charge on any atom is 0.0957 e. The quantitative estimate of drug-likeness (QED) is 0.849. The van der Waals surface area contributed by atoms with Crippen molar-refractivity contribution in [2.24, 2.45) is 5.92 Å². The summed E-state index contributed by atoms with van der Waals surface area (Å²) in [6.07, 6.45) is 3.44. The van der Waals surface area contributed by atoms with Crippen molar-refractivity contribution in [2.75, 3.05) is 18.0 Å². The minimum absolute atomic E-state index is 0.424. The maximum absolute atomic E-state index is 9.65. The van der Waals surface area contributed by atoms with E-state index in [1.54, 1.807) is 0 Å². The first-order valence-electron chi connectivity index (χ1n) is 6.09. The minimum atomic E-state index is -0.424. The van der Waals surface area contributed by atoms with Crippen molar-refractivity contribution in [3.05, 3.63) is 24.0 Å². The molecule has 2 rings (SSSR count). The van der Waals surface area contributed by atoms with Crippen LogP contribution in [-0.2, 0) is 0 Å². The van der Waals surface area contributed by atoms with Crippen LogP contribution < -0.4 is 4.90 Å². The summed E-state index contributed by atoms with van der Waals surface area (Å²) in [6, 6.07) is 4.01. The van der Waals surface area contributed by atoms with Crippen molar-refractivity contribution in [1.29, 1.82) is 0 Å². The average molecular weight is 220 g/mol. The van der Waals surface area contributed by atoms with Crippen LogP contribution in [0.2, 0.25) is 0 Å². The average Bonchev–Trinajstić information content (AvgIpc) is 2.75. The Morgan fingerprint density at radius 3 is 2.88 bits per heavy atom. The first-order chi connectivity index (χ1) is 7.70. The molecule has 0 saturated carbocycles. The molecule has 3 heteroatoms. The van der Waals surface area contributed by atoms with Gasteiger partial charge < -0.3 is 10.0 Å². The second-order valence-electron chi connectivity index (χ2n) is 4.71. The van der Waals surface area contributed by atoms with Gasteiger partial charge in [-0.2, -0.15) is 0 Å². The Labute approximate surface area is 97.1 Å². The Bertz CT molecular complexity index is 336. The van der Waals surface area contributed by atoms with Crippen LogP contribution in [0.15, 0.2) is 18.3 Å². The molecule has 3 nitrogen and oxygen atoms in total. The van der Waals surface area contributed by atoms with Crippen LogP contribution in [0.25, 0.3) is 0 Å². The summed E-state index contributed by atoms with van der Waals surface area (Å²) in [4.78, 5) is 6.69. The van der Waals surface area contributed by atoms with Crippen LogP contribution in [0.5, 0.6) is 0 Å². The van der Waals surface area contributed by atoms with E-state index in [2.05, 4.69) is 22.9 Å². The summed E-state index contributed by atoms with van der Waals surface area (Å²) in [5, 5.41) is 9.65. The number of hydrogen-bond acceptors (Lipinski definition) is 3. The fourth-order valence-corrected chi connectivity index (χ4v) is 2.16. The zero-order valence-corrected chi connectivity index (χ0v) is 10.1. The van der Waals surface area contributed by atoms with E-state index < -0.39 is 6.10 Å². The molecule has 16 heavy (non-hydrogen) atoms. The number of rotatable bonds is 3. The predicted octanol–water partition coefficient (Wildman–Crippen LogP) is 2.37. The lowest BCUT2D eigenvalue weighted by Gasteiger charge is -2.18. The van der Waals surface area contributed by atoms with E-state index in [9.17, 15) is 5.11 Å². The van der Waals surface area contributed by atoms with Crippen molar-refractivity contribution >= 4 is 5.69 Å². The summed E-state index contributed by atoms with van der Waals surface area (Å²) in [5.41, 5.74) is 1.95. The first kappa shape index (κ1) is 11.4. The number of aliphatic hydroxyl groups excluding tert-OH is 1. The van der Waals surface area contributed by atoms with Crippen LogP contribution in [-0.4, -0.2) is 23.2 Å². The van der Waals surface area contributed by atoms with E-state index in [0.717, 1.165) is 24.7 Å². The van der Waals surface area contributed by atoms with Crippen LogP contribution >= 0.6 is 0 Å². The summed E-state index contributed by atoms with van der Waals surface area (Å²) < 4.78 is 0. The number of nitrogens with zero attached hydrogens (tertiary/aromatic N) is 2. The monoisotopic (exact) mass is 220 g/mol. The highest BCUT2D eigenvalue weighted by Gasteiger charge is 2.19. The molecule has 1 N–H and O–H groups in total. The normalized spacial score (nSPS) is 22.4. The molecule has 0 radical (unpaired) electrons. The van der Waals surface area contributed by atoms with Crippen molar-refractivity contribution in [1.82, 2.24) is 4.98 Å². The van der Waals surface area contributed by atoms with Gasteiger partial charge in [-0.25, -0.2) is 0 Å². The molecule has 2 heterocycles. The topological polar surface area (TPSA) is 36.4 Å². The molecule has 2 atom stereocenters. The van der Waals surface area contributed by atoms with Gasteiger partial charge in [0.2, 0.25) is 0 Å². The van der Waals surface area contributed by atoms with E-state index in [4.69, 9.17) is 0 Å². The van der Waals surface area contributed by atoms with Gasteiger partial charge in [0.1, 0.15) is 0 Å². The minimum Gasteiger partial charge on any atom is -0.387 e. The molecule has 1 unspecified atom stereocenters. The predicted molar refractivity (Wildman–Crippen MR) is 65.5 cm³/mol. The van der Waals surface area contributed by atoms with Crippen LogP contribution in [0.4, 0.5) is 5.69 Å². The SMILES string of the molecule is CC[C@@H](O)c1ccc(N2CCC(C)C2)cn1. The second-order valence-corrected chi connectivity index (χ2v) is 4.71. The van der Waals surface area contributed by atoms with Gasteiger partial charge >= 0.3 is 0 Å². The molecule has 88 valence electrons. The van der Waals surface area contributed by atoms with E-state index in [1.165, 1.54) is 12.1 Å². The van der Waals surface area contributed by atoms with Gasteiger partial charge in [-0.05, 0) is 30.9 Å². The largest absolute Gasteiger partial charge is 0.387 e. The lowest BCUT2D eigenvalue weighted by atomic mass is 10.2. The number of anilines is 1. The Morgan fingerprint density at radius 1 is 1.56 bits per heavy atom. The molecule has 1 aliphatic rings. The zero-order chi connectivity index (χ0) is 11.5. The molecule has 1 aliphatic heterocycles. The van der Waals surface area contributed by atoms with Crippen molar-refractivity contribution in [2.45, 2.75) is 32.8 Å². The lowest BCUT2D eigenvalue weighted by Crippen LogP contribution is -2.19. The van der Waals surface area contributed by atoms with Gasteiger partial charge in [-0.1, -0.05) is 13.8 Å². The summed E-state index contributed by atoms with van der Waals surface area (Å²) in [5.74, 6) is 0.779. The molecule has 0 aliphatic carbocycles. The lowest BCUT2D eigenvalue weighted by molar-refractivity contribution is 0.169. The smallest absolute Gasteiger partial charge is 0.0957 e. The van der Waals surface area contributed by atoms with E-state index in [1.807, 2.05) is 19.2 Å². The molecule has 0 spiro atoms. The number of hydrogen-bond donors (Lipinski definition) is 1. The van der Waals surface area contributed by atoms with Crippen LogP contribution in [0, 0.1) is 5.92 Å². The standard InChI is InChI=1S/C13H20N2O/c1-3-13(16)12-5-4-11(8-14-12)15-7-6-10(2)9-15/h4-5,8,10,13,16H,3,6-7,9H2,1-2H3/t10?,13-/m1/s1. The summed E-state index contributed by atoms with van der Waals surface area (Å²) in [6.45, 7) is 6.49. The molecule has 0 amide bonds. The van der Waals surface area contributed by atoms with Gasteiger partial charge in [0.25, 0.3) is 0 Å². The Hall–Kier alpha value is -1.09. The Morgan fingerprint density at radius 2 is 2.38 bits per heavy atom.